The van der Waals surface area contributed by atoms with Crippen molar-refractivity contribution in [2.45, 2.75) is 38.6 Å². The summed E-state index contributed by atoms with van der Waals surface area (Å²) in [6.45, 7) is 4.82. The predicted octanol–water partition coefficient (Wildman–Crippen LogP) is 3.94. The number of para-hydroxylation sites is 1. The van der Waals surface area contributed by atoms with Gasteiger partial charge in [0.05, 0.1) is 11.0 Å². The van der Waals surface area contributed by atoms with Crippen LogP contribution in [0.5, 0.6) is 0 Å². The van der Waals surface area contributed by atoms with Gasteiger partial charge in [-0.3, -0.25) is 9.36 Å². The second kappa shape index (κ2) is 7.64. The number of amides is 1. The first-order chi connectivity index (χ1) is 14.2. The zero-order valence-electron chi connectivity index (χ0n) is 17.0. The van der Waals surface area contributed by atoms with E-state index in [0.717, 1.165) is 66.5 Å². The van der Waals surface area contributed by atoms with E-state index in [9.17, 15) is 4.79 Å². The highest BCUT2D eigenvalue weighted by Gasteiger charge is 2.26. The topological polar surface area (TPSA) is 50.2 Å². The van der Waals surface area contributed by atoms with Gasteiger partial charge in [-0.25, -0.2) is 4.98 Å². The lowest BCUT2D eigenvalue weighted by Gasteiger charge is -2.32. The highest BCUT2D eigenvalue weighted by molar-refractivity contribution is 5.97. The first-order valence-electron chi connectivity index (χ1n) is 10.8. The van der Waals surface area contributed by atoms with Crippen molar-refractivity contribution >= 4 is 16.9 Å². The quantitative estimate of drug-likeness (QED) is 0.720. The van der Waals surface area contributed by atoms with Crippen LogP contribution in [0.4, 0.5) is 0 Å². The van der Waals surface area contributed by atoms with Gasteiger partial charge in [-0.2, -0.15) is 0 Å². The maximum absolute atomic E-state index is 13.1. The lowest BCUT2D eigenvalue weighted by atomic mass is 10.0. The van der Waals surface area contributed by atoms with Crippen LogP contribution in [0.3, 0.4) is 0 Å². The highest BCUT2D eigenvalue weighted by atomic mass is 16.2. The number of hydrogen-bond donors (Lipinski definition) is 1. The van der Waals surface area contributed by atoms with Crippen molar-refractivity contribution in [3.63, 3.8) is 0 Å². The standard InChI is InChI=1S/C24H28N4O/c1-17-26-22-15-19(9-10-23(22)28(17)21-5-3-2-4-6-21)24(29)27-13-11-20(12-14-27)25-16-18-7-8-18/h2-6,9-10,15,18,20,25H,7-8,11-14,16H2,1H3. The summed E-state index contributed by atoms with van der Waals surface area (Å²) in [5, 5.41) is 3.68. The zero-order valence-corrected chi connectivity index (χ0v) is 17.0. The van der Waals surface area contributed by atoms with Crippen LogP contribution in [0, 0.1) is 12.8 Å². The molecule has 2 heterocycles. The fourth-order valence-electron chi connectivity index (χ4n) is 4.36. The summed E-state index contributed by atoms with van der Waals surface area (Å²) in [7, 11) is 0. The summed E-state index contributed by atoms with van der Waals surface area (Å²) < 4.78 is 2.14. The summed E-state index contributed by atoms with van der Waals surface area (Å²) in [5.74, 6) is 1.96. The van der Waals surface area contributed by atoms with Crippen LogP contribution >= 0.6 is 0 Å². The van der Waals surface area contributed by atoms with Crippen molar-refractivity contribution in [1.29, 1.82) is 0 Å². The smallest absolute Gasteiger partial charge is 0.253 e. The molecule has 1 saturated carbocycles. The van der Waals surface area contributed by atoms with E-state index in [1.807, 2.05) is 48.2 Å². The van der Waals surface area contributed by atoms with Gasteiger partial charge in [0.25, 0.3) is 5.91 Å². The maximum atomic E-state index is 13.1. The first-order valence-corrected chi connectivity index (χ1v) is 10.8. The van der Waals surface area contributed by atoms with Gasteiger partial charge in [0.2, 0.25) is 0 Å². The van der Waals surface area contributed by atoms with E-state index in [-0.39, 0.29) is 5.91 Å². The van der Waals surface area contributed by atoms with E-state index in [1.54, 1.807) is 0 Å². The number of rotatable bonds is 5. The summed E-state index contributed by atoms with van der Waals surface area (Å²) in [5.41, 5.74) is 3.73. The molecule has 1 N–H and O–H groups in total. The molecule has 0 radical (unpaired) electrons. The van der Waals surface area contributed by atoms with Gasteiger partial charge in [0, 0.05) is 30.4 Å². The molecule has 1 aliphatic heterocycles. The Morgan fingerprint density at radius 3 is 2.55 bits per heavy atom. The third-order valence-electron chi connectivity index (χ3n) is 6.26. The minimum Gasteiger partial charge on any atom is -0.339 e. The Bertz CT molecular complexity index is 1010. The summed E-state index contributed by atoms with van der Waals surface area (Å²) >= 11 is 0. The minimum atomic E-state index is 0.124. The van der Waals surface area contributed by atoms with Crippen molar-refractivity contribution < 1.29 is 4.79 Å². The number of imidazole rings is 1. The molecule has 2 fully saturated rings. The van der Waals surface area contributed by atoms with Gasteiger partial charge < -0.3 is 10.2 Å². The molecule has 0 atom stereocenters. The molecular weight excluding hydrogens is 360 g/mol. The van der Waals surface area contributed by atoms with Crippen LogP contribution in [-0.2, 0) is 0 Å². The molecule has 0 bridgehead atoms. The number of hydrogen-bond acceptors (Lipinski definition) is 3. The molecule has 5 nitrogen and oxygen atoms in total. The molecule has 2 aliphatic rings. The van der Waals surface area contributed by atoms with Gasteiger partial charge in [0.1, 0.15) is 5.82 Å². The van der Waals surface area contributed by atoms with Crippen molar-refractivity contribution in [2.75, 3.05) is 19.6 Å². The Morgan fingerprint density at radius 2 is 1.83 bits per heavy atom. The van der Waals surface area contributed by atoms with Gasteiger partial charge in [-0.05, 0) is 75.4 Å². The lowest BCUT2D eigenvalue weighted by molar-refractivity contribution is 0.0705. The fraction of sp³-hybridized carbons (Fsp3) is 0.417. The van der Waals surface area contributed by atoms with Gasteiger partial charge in [0.15, 0.2) is 0 Å². The lowest BCUT2D eigenvalue weighted by Crippen LogP contribution is -2.45. The number of piperidine rings is 1. The van der Waals surface area contributed by atoms with Gasteiger partial charge in [-0.1, -0.05) is 18.2 Å². The fourth-order valence-corrected chi connectivity index (χ4v) is 4.36. The molecule has 1 amide bonds. The Kier molecular flexibility index (Phi) is 4.84. The molecule has 5 rings (SSSR count). The van der Waals surface area contributed by atoms with Crippen molar-refractivity contribution in [1.82, 2.24) is 19.8 Å². The molecular formula is C24H28N4O. The average Bonchev–Trinajstić information content (AvgIpc) is 3.53. The SMILES string of the molecule is Cc1nc2cc(C(=O)N3CCC(NCC4CC4)CC3)ccc2n1-c1ccccc1. The largest absolute Gasteiger partial charge is 0.339 e. The third-order valence-corrected chi connectivity index (χ3v) is 6.26. The number of carbonyl (C=O) groups is 1. The number of nitrogens with zero attached hydrogens (tertiary/aromatic N) is 3. The molecule has 150 valence electrons. The summed E-state index contributed by atoms with van der Waals surface area (Å²) in [4.78, 5) is 19.8. The van der Waals surface area contributed by atoms with Gasteiger partial charge in [-0.15, -0.1) is 0 Å². The molecule has 1 aromatic heterocycles. The van der Waals surface area contributed by atoms with E-state index in [0.29, 0.717) is 6.04 Å². The molecule has 1 aliphatic carbocycles. The number of aromatic nitrogens is 2. The van der Waals surface area contributed by atoms with Crippen LogP contribution in [0.25, 0.3) is 16.7 Å². The Morgan fingerprint density at radius 1 is 1.07 bits per heavy atom. The number of carbonyl (C=O) groups excluding carboxylic acids is 1. The van der Waals surface area contributed by atoms with E-state index in [4.69, 9.17) is 4.98 Å². The van der Waals surface area contributed by atoms with Crippen molar-refractivity contribution in [2.24, 2.45) is 5.92 Å². The molecule has 5 heteroatoms. The second-order valence-corrected chi connectivity index (χ2v) is 8.45. The normalized spacial score (nSPS) is 17.8. The molecule has 2 aromatic carbocycles. The highest BCUT2D eigenvalue weighted by Crippen LogP contribution is 2.28. The van der Waals surface area contributed by atoms with Crippen molar-refractivity contribution in [3.8, 4) is 5.69 Å². The Labute approximate surface area is 171 Å². The summed E-state index contributed by atoms with van der Waals surface area (Å²) in [6.07, 6.45) is 4.85. The molecule has 0 unspecified atom stereocenters. The molecule has 1 saturated heterocycles. The van der Waals surface area contributed by atoms with E-state index < -0.39 is 0 Å². The molecule has 3 aromatic rings. The minimum absolute atomic E-state index is 0.124. The number of aryl methyl sites for hydroxylation is 1. The average molecular weight is 389 g/mol. The molecule has 29 heavy (non-hydrogen) atoms. The number of nitrogens with one attached hydrogen (secondary N) is 1. The predicted molar refractivity (Wildman–Crippen MR) is 115 cm³/mol. The number of likely N-dealkylation sites (tertiary alicyclic amines) is 1. The number of fused-ring (bicyclic) bond motifs is 1. The third kappa shape index (κ3) is 3.79. The number of benzene rings is 2. The van der Waals surface area contributed by atoms with Crippen LogP contribution in [-0.4, -0.2) is 46.0 Å². The van der Waals surface area contributed by atoms with Gasteiger partial charge >= 0.3 is 0 Å². The van der Waals surface area contributed by atoms with E-state index in [2.05, 4.69) is 22.0 Å². The zero-order chi connectivity index (χ0) is 19.8. The Hall–Kier alpha value is -2.66. The Balaban J connectivity index is 1.31. The first kappa shape index (κ1) is 18.4. The maximum Gasteiger partial charge on any atom is 0.253 e. The second-order valence-electron chi connectivity index (χ2n) is 8.45. The molecule has 0 spiro atoms. The summed E-state index contributed by atoms with van der Waals surface area (Å²) in [6, 6.07) is 16.7. The van der Waals surface area contributed by atoms with E-state index >= 15 is 0 Å². The van der Waals surface area contributed by atoms with Crippen LogP contribution in [0.1, 0.15) is 41.9 Å². The van der Waals surface area contributed by atoms with Crippen LogP contribution in [0.2, 0.25) is 0 Å². The monoisotopic (exact) mass is 388 g/mol. The van der Waals surface area contributed by atoms with Crippen molar-refractivity contribution in [3.05, 3.63) is 59.9 Å². The van der Waals surface area contributed by atoms with Crippen LogP contribution < -0.4 is 5.32 Å². The van der Waals surface area contributed by atoms with E-state index in [1.165, 1.54) is 12.8 Å². The van der Waals surface area contributed by atoms with Crippen LogP contribution in [0.15, 0.2) is 48.5 Å².